The fraction of sp³-hybridized carbons (Fsp3) is 0.273. The average Bonchev–Trinajstić information content (AvgIpc) is 3.74. The number of rotatable bonds is 11. The van der Waals surface area contributed by atoms with Gasteiger partial charge in [0.25, 0.3) is 11.8 Å². The van der Waals surface area contributed by atoms with E-state index in [0.29, 0.717) is 48.8 Å². The largest absolute Gasteiger partial charge is 0.456 e. The van der Waals surface area contributed by atoms with E-state index in [4.69, 9.17) is 27.9 Å². The number of anilines is 1. The molecule has 3 aromatic heterocycles. The summed E-state index contributed by atoms with van der Waals surface area (Å²) in [6, 6.07) is 11.8. The molecule has 0 bridgehead atoms. The molecule has 17 heteroatoms. The van der Waals surface area contributed by atoms with Crippen molar-refractivity contribution in [2.75, 3.05) is 25.1 Å². The van der Waals surface area contributed by atoms with Gasteiger partial charge in [0, 0.05) is 53.2 Å². The Kier molecular flexibility index (Phi) is 13.1. The van der Waals surface area contributed by atoms with E-state index in [1.54, 1.807) is 41.6 Å². The molecule has 0 spiro atoms. The van der Waals surface area contributed by atoms with E-state index >= 15 is 0 Å². The standard InChI is InChI=1S/C21H17Br2Cl2N5O2.C12H12BrFN2O2/c1-10(11-4-5-11)27-20(31)13-7-12(24)8-14(22)18(13)28-21(32)16-9-17(23)29-30(16)19-15(25)3-2-6-26-19;13-11-2-1-9(6-15-11)7-16(4-3-14)10-5-12(17)18-8-10/h2-3,6-11H,4-5H2,1H3,(H,27,31)(H,28,32);1-2,5-6H,3-4,7-8H2. The van der Waals surface area contributed by atoms with Crippen molar-refractivity contribution in [1.82, 2.24) is 30.0 Å². The summed E-state index contributed by atoms with van der Waals surface area (Å²) >= 11 is 22.4. The summed E-state index contributed by atoms with van der Waals surface area (Å²) in [4.78, 5) is 47.3. The van der Waals surface area contributed by atoms with Crippen molar-refractivity contribution in [3.63, 3.8) is 0 Å². The van der Waals surface area contributed by atoms with Crippen molar-refractivity contribution < 1.29 is 23.5 Å². The predicted octanol–water partition coefficient (Wildman–Crippen LogP) is 7.94. The van der Waals surface area contributed by atoms with Crippen molar-refractivity contribution in [3.05, 3.63) is 107 Å². The summed E-state index contributed by atoms with van der Waals surface area (Å²) in [6.45, 7) is 2.45. The Balaban J connectivity index is 0.000000228. The van der Waals surface area contributed by atoms with E-state index < -0.39 is 12.6 Å². The van der Waals surface area contributed by atoms with Crippen LogP contribution in [0.1, 0.15) is 46.2 Å². The zero-order valence-electron chi connectivity index (χ0n) is 26.3. The number of esters is 1. The number of pyridine rings is 2. The summed E-state index contributed by atoms with van der Waals surface area (Å²) in [5.41, 5.74) is 2.40. The monoisotopic (exact) mass is 913 g/mol. The Morgan fingerprint density at radius 2 is 1.88 bits per heavy atom. The van der Waals surface area contributed by atoms with Crippen LogP contribution in [0, 0.1) is 5.92 Å². The maximum atomic E-state index is 13.2. The van der Waals surface area contributed by atoms with Gasteiger partial charge in [0.15, 0.2) is 5.82 Å². The minimum absolute atomic E-state index is 0.0347. The molecule has 2 aliphatic rings. The highest BCUT2D eigenvalue weighted by atomic mass is 79.9. The fourth-order valence-electron chi connectivity index (χ4n) is 4.96. The van der Waals surface area contributed by atoms with Crippen LogP contribution in [0.25, 0.3) is 5.82 Å². The second kappa shape index (κ2) is 17.2. The fourth-order valence-corrected chi connectivity index (χ4v) is 6.68. The third-order valence-corrected chi connectivity index (χ3v) is 9.64. The van der Waals surface area contributed by atoms with Gasteiger partial charge in [-0.05, 0) is 109 Å². The van der Waals surface area contributed by atoms with Gasteiger partial charge in [0.2, 0.25) is 0 Å². The molecule has 4 aromatic rings. The zero-order chi connectivity index (χ0) is 35.9. The lowest BCUT2D eigenvalue weighted by atomic mass is 10.1. The van der Waals surface area contributed by atoms with Crippen LogP contribution in [-0.2, 0) is 16.1 Å². The minimum Gasteiger partial charge on any atom is -0.456 e. The first-order chi connectivity index (χ1) is 23.9. The van der Waals surface area contributed by atoms with Gasteiger partial charge in [0.05, 0.1) is 22.0 Å². The van der Waals surface area contributed by atoms with Crippen LogP contribution in [0.4, 0.5) is 10.1 Å². The number of alkyl halides is 1. The SMILES string of the molecule is CC(NC(=O)c1cc(Cl)cc(Br)c1NC(=O)c1cc(Br)nn1-c1ncccc1Cl)C1CC1.O=C1C=C(N(CCF)Cc2ccc(Br)nc2)CO1. The maximum Gasteiger partial charge on any atom is 0.333 e. The molecule has 4 heterocycles. The van der Waals surface area contributed by atoms with Gasteiger partial charge in [-0.15, -0.1) is 0 Å². The molecule has 1 aromatic carbocycles. The van der Waals surface area contributed by atoms with Crippen molar-refractivity contribution in [2.24, 2.45) is 5.92 Å². The molecule has 1 fully saturated rings. The summed E-state index contributed by atoms with van der Waals surface area (Å²) in [5, 5.41) is 10.8. The molecule has 6 rings (SSSR count). The molecule has 262 valence electrons. The van der Waals surface area contributed by atoms with Crippen LogP contribution in [0.3, 0.4) is 0 Å². The Hall–Kier alpha value is -3.37. The van der Waals surface area contributed by atoms with Crippen LogP contribution >= 0.6 is 71.0 Å². The molecular formula is C33H29Br3Cl2FN7O4. The van der Waals surface area contributed by atoms with Gasteiger partial charge < -0.3 is 20.3 Å². The van der Waals surface area contributed by atoms with E-state index in [-0.39, 0.29) is 42.3 Å². The highest BCUT2D eigenvalue weighted by Crippen LogP contribution is 2.34. The molecule has 1 aliphatic heterocycles. The van der Waals surface area contributed by atoms with Gasteiger partial charge in [0.1, 0.15) is 28.2 Å². The number of hydrogen-bond donors (Lipinski definition) is 2. The van der Waals surface area contributed by atoms with E-state index in [1.165, 1.54) is 16.8 Å². The molecule has 0 saturated heterocycles. The number of carbonyl (C=O) groups is 3. The molecule has 50 heavy (non-hydrogen) atoms. The molecule has 1 atom stereocenters. The summed E-state index contributed by atoms with van der Waals surface area (Å²) in [5.74, 6) is -0.406. The summed E-state index contributed by atoms with van der Waals surface area (Å²) in [7, 11) is 0. The third-order valence-electron chi connectivity index (χ3n) is 7.65. The molecule has 2 N–H and O–H groups in total. The van der Waals surface area contributed by atoms with Crippen molar-refractivity contribution in [3.8, 4) is 5.82 Å². The van der Waals surface area contributed by atoms with Crippen LogP contribution in [0.5, 0.6) is 0 Å². The number of benzene rings is 1. The molecule has 11 nitrogen and oxygen atoms in total. The lowest BCUT2D eigenvalue weighted by Gasteiger charge is -2.23. The number of amides is 2. The number of nitrogens with one attached hydrogen (secondary N) is 2. The van der Waals surface area contributed by atoms with Gasteiger partial charge in [-0.3, -0.25) is 9.59 Å². The van der Waals surface area contributed by atoms with Crippen LogP contribution in [0.15, 0.2) is 80.3 Å². The predicted molar refractivity (Wildman–Crippen MR) is 198 cm³/mol. The third kappa shape index (κ3) is 9.90. The second-order valence-electron chi connectivity index (χ2n) is 11.3. The first-order valence-corrected chi connectivity index (χ1v) is 18.3. The minimum atomic E-state index is -0.503. The number of halogens is 6. The number of aromatic nitrogens is 4. The van der Waals surface area contributed by atoms with Gasteiger partial charge in [-0.1, -0.05) is 29.3 Å². The Bertz CT molecular complexity index is 1930. The van der Waals surface area contributed by atoms with E-state index in [9.17, 15) is 18.8 Å². The first kappa shape index (κ1) is 37.9. The molecule has 1 unspecified atom stereocenters. The Morgan fingerprint density at radius 3 is 2.52 bits per heavy atom. The number of nitrogens with zero attached hydrogens (tertiary/aromatic N) is 5. The summed E-state index contributed by atoms with van der Waals surface area (Å²) in [6.07, 6.45) is 6.87. The van der Waals surface area contributed by atoms with Gasteiger partial charge >= 0.3 is 5.97 Å². The van der Waals surface area contributed by atoms with Crippen LogP contribution < -0.4 is 10.6 Å². The van der Waals surface area contributed by atoms with E-state index in [0.717, 1.165) is 23.0 Å². The van der Waals surface area contributed by atoms with Gasteiger partial charge in [-0.2, -0.15) is 5.10 Å². The summed E-state index contributed by atoms with van der Waals surface area (Å²) < 4.78 is 20.4. The highest BCUT2D eigenvalue weighted by Gasteiger charge is 2.30. The lowest BCUT2D eigenvalue weighted by molar-refractivity contribution is -0.135. The second-order valence-corrected chi connectivity index (χ2v) is 14.6. The number of hydrogen-bond acceptors (Lipinski definition) is 8. The molecule has 1 aliphatic carbocycles. The Morgan fingerprint density at radius 1 is 1.10 bits per heavy atom. The molecule has 2 amide bonds. The quantitative estimate of drug-likeness (QED) is 0.115. The number of carbonyl (C=O) groups excluding carboxylic acids is 3. The first-order valence-electron chi connectivity index (χ1n) is 15.2. The lowest BCUT2D eigenvalue weighted by Crippen LogP contribution is -2.34. The van der Waals surface area contributed by atoms with Gasteiger partial charge in [-0.25, -0.2) is 23.8 Å². The van der Waals surface area contributed by atoms with Crippen LogP contribution in [-0.4, -0.2) is 68.3 Å². The van der Waals surface area contributed by atoms with E-state index in [2.05, 4.69) is 73.5 Å². The Labute approximate surface area is 322 Å². The zero-order valence-corrected chi connectivity index (χ0v) is 32.6. The van der Waals surface area contributed by atoms with Crippen molar-refractivity contribution in [2.45, 2.75) is 32.4 Å². The number of cyclic esters (lactones) is 1. The van der Waals surface area contributed by atoms with Crippen molar-refractivity contribution in [1.29, 1.82) is 0 Å². The van der Waals surface area contributed by atoms with Crippen LogP contribution in [0.2, 0.25) is 10.0 Å². The smallest absolute Gasteiger partial charge is 0.333 e. The van der Waals surface area contributed by atoms with E-state index in [1.807, 2.05) is 19.1 Å². The number of ether oxygens (including phenoxy) is 1. The molecular weight excluding hydrogens is 888 g/mol. The average molecular weight is 917 g/mol. The molecule has 1 saturated carbocycles. The topological polar surface area (TPSA) is 131 Å². The van der Waals surface area contributed by atoms with Crippen molar-refractivity contribution >= 4 is 94.5 Å². The normalized spacial score (nSPS) is 14.2. The molecule has 0 radical (unpaired) electrons. The highest BCUT2D eigenvalue weighted by molar-refractivity contribution is 9.11. The maximum absolute atomic E-state index is 13.2.